The number of nitrogens with one attached hydrogen (secondary N) is 3. The molecule has 3 nitrogen and oxygen atoms in total. The molecule has 1 radical (unpaired) electrons. The molecule has 2 rings (SSSR count). The van der Waals surface area contributed by atoms with Gasteiger partial charge in [0, 0.05) is 37.6 Å². The van der Waals surface area contributed by atoms with Crippen molar-refractivity contribution in [2.45, 2.75) is 80.1 Å². The molecule has 0 aliphatic rings. The van der Waals surface area contributed by atoms with Gasteiger partial charge in [-0.15, -0.1) is 0 Å². The van der Waals surface area contributed by atoms with Crippen LogP contribution < -0.4 is 40.8 Å². The molecule has 2 aromatic rings. The first kappa shape index (κ1) is 35.3. The van der Waals surface area contributed by atoms with E-state index < -0.39 is 0 Å². The van der Waals surface area contributed by atoms with Gasteiger partial charge in [-0.05, 0) is 71.9 Å². The van der Waals surface area contributed by atoms with Crippen molar-refractivity contribution < 1.29 is 41.9 Å². The SMILES string of the molecule is CCc1cc(CC)c(NCCNCCNc2c(CC)cc(CC)cc2CC)c(CC)c1.[Cl-].[Cl-].[Cu+2]. The smallest absolute Gasteiger partial charge is 1.00 e. The molecule has 0 atom stereocenters. The predicted molar refractivity (Wildman–Crippen MR) is 139 cm³/mol. The molecule has 0 unspecified atom stereocenters. The number of benzene rings is 2. The maximum atomic E-state index is 3.71. The number of anilines is 2. The summed E-state index contributed by atoms with van der Waals surface area (Å²) in [6, 6.07) is 9.50. The Labute approximate surface area is 232 Å². The van der Waals surface area contributed by atoms with Crippen LogP contribution in [0.5, 0.6) is 0 Å². The van der Waals surface area contributed by atoms with Crippen molar-refractivity contribution in [1.29, 1.82) is 0 Å². The summed E-state index contributed by atoms with van der Waals surface area (Å²) in [5, 5.41) is 11.0. The molecule has 197 valence electrons. The Kier molecular flexibility index (Phi) is 20.0. The minimum Gasteiger partial charge on any atom is -1.00 e. The first-order valence-corrected chi connectivity index (χ1v) is 12.6. The van der Waals surface area contributed by atoms with Gasteiger partial charge >= 0.3 is 17.1 Å². The van der Waals surface area contributed by atoms with Crippen molar-refractivity contribution in [3.8, 4) is 0 Å². The van der Waals surface area contributed by atoms with E-state index in [-0.39, 0.29) is 41.9 Å². The second kappa shape index (κ2) is 19.3. The maximum Gasteiger partial charge on any atom is 2.00 e. The van der Waals surface area contributed by atoms with Crippen molar-refractivity contribution in [3.63, 3.8) is 0 Å². The molecule has 0 saturated heterocycles. The second-order valence-corrected chi connectivity index (χ2v) is 8.30. The van der Waals surface area contributed by atoms with E-state index in [0.717, 1.165) is 64.7 Å². The van der Waals surface area contributed by atoms with Gasteiger partial charge < -0.3 is 40.8 Å². The van der Waals surface area contributed by atoms with Crippen molar-refractivity contribution in [2.24, 2.45) is 0 Å². The molecule has 6 heteroatoms. The number of rotatable bonds is 14. The van der Waals surface area contributed by atoms with E-state index in [1.165, 1.54) is 44.8 Å². The summed E-state index contributed by atoms with van der Waals surface area (Å²) < 4.78 is 0. The van der Waals surface area contributed by atoms with Crippen molar-refractivity contribution in [1.82, 2.24) is 5.32 Å². The Morgan fingerprint density at radius 3 is 1.00 bits per heavy atom. The number of aryl methyl sites for hydroxylation is 6. The van der Waals surface area contributed by atoms with E-state index in [4.69, 9.17) is 0 Å². The van der Waals surface area contributed by atoms with Gasteiger partial charge in [0.1, 0.15) is 0 Å². The number of halogens is 2. The van der Waals surface area contributed by atoms with E-state index in [1.54, 1.807) is 0 Å². The Hall–Kier alpha value is -0.901. The third kappa shape index (κ3) is 9.99. The summed E-state index contributed by atoms with van der Waals surface area (Å²) in [7, 11) is 0. The van der Waals surface area contributed by atoms with Crippen LogP contribution >= 0.6 is 0 Å². The second-order valence-electron chi connectivity index (χ2n) is 8.30. The van der Waals surface area contributed by atoms with Crippen LogP contribution in [0.1, 0.15) is 74.9 Å². The molecule has 0 aromatic heterocycles. The summed E-state index contributed by atoms with van der Waals surface area (Å²) >= 11 is 0. The molecule has 0 spiro atoms. The van der Waals surface area contributed by atoms with Gasteiger partial charge in [0.25, 0.3) is 0 Å². The molecule has 0 fully saturated rings. The Balaban J connectivity index is 0. The molecule has 0 aliphatic carbocycles. The zero-order valence-corrected chi connectivity index (χ0v) is 24.4. The van der Waals surface area contributed by atoms with E-state index in [0.29, 0.717) is 0 Å². The molecule has 0 heterocycles. The summed E-state index contributed by atoms with van der Waals surface area (Å²) in [6.07, 6.45) is 6.53. The van der Waals surface area contributed by atoms with Crippen LogP contribution in [0.2, 0.25) is 0 Å². The topological polar surface area (TPSA) is 36.1 Å². The van der Waals surface area contributed by atoms with E-state index in [9.17, 15) is 0 Å². The van der Waals surface area contributed by atoms with E-state index in [1.807, 2.05) is 0 Å². The Morgan fingerprint density at radius 2 is 0.765 bits per heavy atom. The van der Waals surface area contributed by atoms with Gasteiger partial charge in [-0.1, -0.05) is 65.8 Å². The molecular weight excluding hydrogens is 513 g/mol. The normalized spacial score (nSPS) is 10.1. The van der Waals surface area contributed by atoms with Crippen LogP contribution in [0, 0.1) is 0 Å². The van der Waals surface area contributed by atoms with Crippen LogP contribution in [-0.2, 0) is 55.6 Å². The molecular formula is C28H45Cl2CuN3. The van der Waals surface area contributed by atoms with Gasteiger partial charge in [-0.3, -0.25) is 0 Å². The van der Waals surface area contributed by atoms with Crippen LogP contribution in [-0.4, -0.2) is 26.2 Å². The van der Waals surface area contributed by atoms with Crippen LogP contribution in [0.15, 0.2) is 24.3 Å². The third-order valence-electron chi connectivity index (χ3n) is 6.27. The first-order valence-electron chi connectivity index (χ1n) is 12.6. The summed E-state index contributed by atoms with van der Waals surface area (Å²) in [6.45, 7) is 17.4. The summed E-state index contributed by atoms with van der Waals surface area (Å²) in [5.41, 5.74) is 11.4. The molecule has 0 amide bonds. The average Bonchev–Trinajstić information content (AvgIpc) is 2.82. The number of hydrogen-bond acceptors (Lipinski definition) is 3. The van der Waals surface area contributed by atoms with Crippen molar-refractivity contribution in [2.75, 3.05) is 36.8 Å². The fourth-order valence-corrected chi connectivity index (χ4v) is 4.33. The van der Waals surface area contributed by atoms with E-state index >= 15 is 0 Å². The monoisotopic (exact) mass is 556 g/mol. The minimum atomic E-state index is 0. The third-order valence-corrected chi connectivity index (χ3v) is 6.27. The van der Waals surface area contributed by atoms with Gasteiger partial charge in [0.15, 0.2) is 0 Å². The van der Waals surface area contributed by atoms with E-state index in [2.05, 4.69) is 81.8 Å². The zero-order valence-electron chi connectivity index (χ0n) is 21.9. The molecule has 0 saturated carbocycles. The first-order chi connectivity index (χ1) is 15.1. The Bertz CT molecular complexity index is 710. The van der Waals surface area contributed by atoms with Gasteiger partial charge in [0.05, 0.1) is 0 Å². The average molecular weight is 558 g/mol. The largest absolute Gasteiger partial charge is 2.00 e. The van der Waals surface area contributed by atoms with Gasteiger partial charge in [0.2, 0.25) is 0 Å². The van der Waals surface area contributed by atoms with Crippen LogP contribution in [0.4, 0.5) is 11.4 Å². The molecule has 34 heavy (non-hydrogen) atoms. The molecule has 0 aliphatic heterocycles. The molecule has 2 aromatic carbocycles. The summed E-state index contributed by atoms with van der Waals surface area (Å²) in [5.74, 6) is 0. The maximum absolute atomic E-state index is 3.71. The van der Waals surface area contributed by atoms with Crippen molar-refractivity contribution >= 4 is 11.4 Å². The quantitative estimate of drug-likeness (QED) is 0.229. The van der Waals surface area contributed by atoms with Crippen LogP contribution in [0.25, 0.3) is 0 Å². The standard InChI is InChI=1S/C28H45N3.2ClH.Cu/c1-7-21-17-23(9-3)27(24(10-4)18-21)30-15-13-29-14-16-31-28-25(11-5)19-22(8-2)20-26(28)12-6;;;/h17-20,29-31H,7-16H2,1-6H3;2*1H;/q;;;+2/p-2. The fraction of sp³-hybridized carbons (Fsp3) is 0.571. The van der Waals surface area contributed by atoms with Crippen LogP contribution in [0.3, 0.4) is 0 Å². The number of hydrogen-bond donors (Lipinski definition) is 3. The zero-order chi connectivity index (χ0) is 22.6. The van der Waals surface area contributed by atoms with Gasteiger partial charge in [-0.2, -0.15) is 0 Å². The predicted octanol–water partition coefficient (Wildman–Crippen LogP) is 0.180. The minimum absolute atomic E-state index is 0. The van der Waals surface area contributed by atoms with Gasteiger partial charge in [-0.25, -0.2) is 0 Å². The van der Waals surface area contributed by atoms with Crippen molar-refractivity contribution in [3.05, 3.63) is 57.6 Å². The molecule has 3 N–H and O–H groups in total. The Morgan fingerprint density at radius 1 is 0.471 bits per heavy atom. The molecule has 0 bridgehead atoms. The summed E-state index contributed by atoms with van der Waals surface area (Å²) in [4.78, 5) is 0. The fourth-order valence-electron chi connectivity index (χ4n) is 4.33.